The number of halogens is 1. The first-order chi connectivity index (χ1) is 7.24. The van der Waals surface area contributed by atoms with Crippen LogP contribution in [0.25, 0.3) is 0 Å². The minimum Gasteiger partial charge on any atom is -0.378 e. The van der Waals surface area contributed by atoms with Crippen LogP contribution < -0.4 is 5.32 Å². The average molecular weight is 271 g/mol. The lowest BCUT2D eigenvalue weighted by Crippen LogP contribution is -2.32. The molecule has 0 saturated carbocycles. The zero-order valence-corrected chi connectivity index (χ0v) is 10.3. The van der Waals surface area contributed by atoms with Crippen molar-refractivity contribution >= 4 is 21.7 Å². The number of hydrogen-bond donors (Lipinski definition) is 1. The van der Waals surface area contributed by atoms with Crippen molar-refractivity contribution in [2.75, 3.05) is 11.9 Å². The summed E-state index contributed by atoms with van der Waals surface area (Å²) in [6, 6.07) is 4.48. The van der Waals surface area contributed by atoms with Crippen molar-refractivity contribution in [3.8, 4) is 0 Å². The molecule has 1 saturated heterocycles. The molecule has 2 atom stereocenters. The molecule has 0 radical (unpaired) electrons. The Bertz CT molecular complexity index is 315. The van der Waals surface area contributed by atoms with E-state index in [1.54, 1.807) is 0 Å². The fraction of sp³-hybridized carbons (Fsp3) is 0.545. The molecule has 2 rings (SSSR count). The highest BCUT2D eigenvalue weighted by molar-refractivity contribution is 9.10. The smallest absolute Gasteiger partial charge is 0.126 e. The quantitative estimate of drug-likeness (QED) is 0.898. The Morgan fingerprint density at radius 2 is 2.40 bits per heavy atom. The van der Waals surface area contributed by atoms with Gasteiger partial charge >= 0.3 is 0 Å². The molecular formula is C11H15BrN2O. The van der Waals surface area contributed by atoms with Crippen LogP contribution in [0.2, 0.25) is 0 Å². The van der Waals surface area contributed by atoms with Crippen molar-refractivity contribution < 1.29 is 4.74 Å². The highest BCUT2D eigenvalue weighted by Crippen LogP contribution is 2.18. The van der Waals surface area contributed by atoms with Crippen LogP contribution in [0, 0.1) is 0 Å². The van der Waals surface area contributed by atoms with Gasteiger partial charge in [0.05, 0.1) is 6.10 Å². The van der Waals surface area contributed by atoms with E-state index in [4.69, 9.17) is 4.74 Å². The number of pyridine rings is 1. The lowest BCUT2D eigenvalue weighted by atomic mass is 10.0. The van der Waals surface area contributed by atoms with Crippen molar-refractivity contribution in [3.05, 3.63) is 22.8 Å². The van der Waals surface area contributed by atoms with Crippen LogP contribution in [0.1, 0.15) is 19.8 Å². The van der Waals surface area contributed by atoms with E-state index in [1.807, 2.05) is 18.3 Å². The van der Waals surface area contributed by atoms with Gasteiger partial charge in [-0.15, -0.1) is 0 Å². The third-order valence-electron chi connectivity index (χ3n) is 2.56. The highest BCUT2D eigenvalue weighted by Gasteiger charge is 2.19. The molecule has 0 aliphatic carbocycles. The maximum atomic E-state index is 5.50. The monoisotopic (exact) mass is 270 g/mol. The molecule has 0 spiro atoms. The Balaban J connectivity index is 1.93. The second kappa shape index (κ2) is 4.94. The summed E-state index contributed by atoms with van der Waals surface area (Å²) in [6.45, 7) is 2.96. The van der Waals surface area contributed by atoms with Gasteiger partial charge < -0.3 is 10.1 Å². The van der Waals surface area contributed by atoms with E-state index in [0.717, 1.165) is 29.7 Å². The van der Waals surface area contributed by atoms with Gasteiger partial charge in [0, 0.05) is 23.3 Å². The van der Waals surface area contributed by atoms with Crippen LogP contribution >= 0.6 is 15.9 Å². The van der Waals surface area contributed by atoms with Gasteiger partial charge in [0.1, 0.15) is 5.82 Å². The van der Waals surface area contributed by atoms with Crippen molar-refractivity contribution in [3.63, 3.8) is 0 Å². The van der Waals surface area contributed by atoms with E-state index < -0.39 is 0 Å². The lowest BCUT2D eigenvalue weighted by Gasteiger charge is -2.28. The number of nitrogens with one attached hydrogen (secondary N) is 1. The van der Waals surface area contributed by atoms with Gasteiger partial charge in [0.2, 0.25) is 0 Å². The molecule has 1 aromatic rings. The summed E-state index contributed by atoms with van der Waals surface area (Å²) in [5, 5.41) is 3.43. The molecule has 2 unspecified atom stereocenters. The third kappa shape index (κ3) is 3.18. The molecule has 1 aliphatic heterocycles. The summed E-state index contributed by atoms with van der Waals surface area (Å²) in [7, 11) is 0. The minimum atomic E-state index is 0.353. The Morgan fingerprint density at radius 3 is 3.07 bits per heavy atom. The van der Waals surface area contributed by atoms with Crippen molar-refractivity contribution in [1.29, 1.82) is 0 Å². The maximum Gasteiger partial charge on any atom is 0.126 e. The van der Waals surface area contributed by atoms with Crippen LogP contribution in [0.4, 0.5) is 5.82 Å². The summed E-state index contributed by atoms with van der Waals surface area (Å²) in [4.78, 5) is 4.30. The average Bonchev–Trinajstić information content (AvgIpc) is 2.22. The van der Waals surface area contributed by atoms with Gasteiger partial charge in [-0.25, -0.2) is 4.98 Å². The minimum absolute atomic E-state index is 0.353. The lowest BCUT2D eigenvalue weighted by molar-refractivity contribution is 0.0232. The zero-order valence-electron chi connectivity index (χ0n) is 8.74. The second-order valence-corrected chi connectivity index (χ2v) is 4.82. The largest absolute Gasteiger partial charge is 0.378 e. The molecule has 2 heterocycles. The predicted molar refractivity (Wildman–Crippen MR) is 64.0 cm³/mol. The molecule has 1 fully saturated rings. The molecule has 0 amide bonds. The molecular weight excluding hydrogens is 256 g/mol. The van der Waals surface area contributed by atoms with Gasteiger partial charge in [-0.1, -0.05) is 0 Å². The number of hydrogen-bond acceptors (Lipinski definition) is 3. The van der Waals surface area contributed by atoms with E-state index >= 15 is 0 Å². The van der Waals surface area contributed by atoms with Gasteiger partial charge in [0.15, 0.2) is 0 Å². The van der Waals surface area contributed by atoms with Crippen LogP contribution in [0.3, 0.4) is 0 Å². The SMILES string of the molecule is CC1CC(Nc2ccc(Br)cn2)CCO1. The molecule has 4 heteroatoms. The number of rotatable bonds is 2. The topological polar surface area (TPSA) is 34.2 Å². The molecule has 82 valence electrons. The number of ether oxygens (including phenoxy) is 1. The molecule has 0 aromatic carbocycles. The Hall–Kier alpha value is -0.610. The van der Waals surface area contributed by atoms with E-state index in [-0.39, 0.29) is 0 Å². The summed E-state index contributed by atoms with van der Waals surface area (Å²) in [6.07, 6.45) is 4.27. The van der Waals surface area contributed by atoms with Crippen LogP contribution in [-0.2, 0) is 4.74 Å². The fourth-order valence-corrected chi connectivity index (χ4v) is 2.03. The number of anilines is 1. The first kappa shape index (κ1) is 10.9. The molecule has 1 N–H and O–H groups in total. The summed E-state index contributed by atoms with van der Waals surface area (Å²) in [5.74, 6) is 0.942. The molecule has 1 aromatic heterocycles. The zero-order chi connectivity index (χ0) is 10.7. The Morgan fingerprint density at radius 1 is 1.53 bits per heavy atom. The van der Waals surface area contributed by atoms with Crippen LogP contribution in [-0.4, -0.2) is 23.7 Å². The predicted octanol–water partition coefficient (Wildman–Crippen LogP) is 2.82. The standard InChI is InChI=1S/C11H15BrN2O/c1-8-6-10(4-5-15-8)14-11-3-2-9(12)7-13-11/h2-3,7-8,10H,4-6H2,1H3,(H,13,14). The van der Waals surface area contributed by atoms with Crippen molar-refractivity contribution in [1.82, 2.24) is 4.98 Å². The molecule has 15 heavy (non-hydrogen) atoms. The van der Waals surface area contributed by atoms with Gasteiger partial charge in [-0.3, -0.25) is 0 Å². The first-order valence-corrected chi connectivity index (χ1v) is 6.03. The molecule has 1 aliphatic rings. The normalized spacial score (nSPS) is 26.3. The summed E-state index contributed by atoms with van der Waals surface area (Å²) >= 11 is 3.37. The van der Waals surface area contributed by atoms with E-state index in [9.17, 15) is 0 Å². The maximum absolute atomic E-state index is 5.50. The van der Waals surface area contributed by atoms with E-state index in [0.29, 0.717) is 12.1 Å². The summed E-state index contributed by atoms with van der Waals surface area (Å²) < 4.78 is 6.50. The second-order valence-electron chi connectivity index (χ2n) is 3.91. The Labute approximate surface area is 98.4 Å². The molecule has 0 bridgehead atoms. The highest BCUT2D eigenvalue weighted by atomic mass is 79.9. The van der Waals surface area contributed by atoms with Gasteiger partial charge in [-0.2, -0.15) is 0 Å². The van der Waals surface area contributed by atoms with Crippen LogP contribution in [0.5, 0.6) is 0 Å². The summed E-state index contributed by atoms with van der Waals surface area (Å²) in [5.41, 5.74) is 0. The third-order valence-corrected chi connectivity index (χ3v) is 3.03. The van der Waals surface area contributed by atoms with Gasteiger partial charge in [-0.05, 0) is 47.8 Å². The number of aromatic nitrogens is 1. The van der Waals surface area contributed by atoms with Crippen molar-refractivity contribution in [2.45, 2.75) is 31.9 Å². The van der Waals surface area contributed by atoms with E-state index in [1.165, 1.54) is 0 Å². The van der Waals surface area contributed by atoms with Crippen molar-refractivity contribution in [2.24, 2.45) is 0 Å². The van der Waals surface area contributed by atoms with Crippen LogP contribution in [0.15, 0.2) is 22.8 Å². The first-order valence-electron chi connectivity index (χ1n) is 5.24. The van der Waals surface area contributed by atoms with E-state index in [2.05, 4.69) is 33.2 Å². The fourth-order valence-electron chi connectivity index (χ4n) is 1.80. The number of nitrogens with zero attached hydrogens (tertiary/aromatic N) is 1. The van der Waals surface area contributed by atoms with Gasteiger partial charge in [0.25, 0.3) is 0 Å². The molecule has 3 nitrogen and oxygen atoms in total. The Kier molecular flexibility index (Phi) is 3.59.